The highest BCUT2D eigenvalue weighted by Gasteiger charge is 2.23. The maximum absolute atomic E-state index is 12.6. The van der Waals surface area contributed by atoms with E-state index in [4.69, 9.17) is 9.51 Å². The Morgan fingerprint density at radius 1 is 1.12 bits per heavy atom. The average Bonchev–Trinajstić information content (AvgIpc) is 3.26. The predicted octanol–water partition coefficient (Wildman–Crippen LogP) is 3.30. The molecule has 3 heterocycles. The molecule has 0 amide bonds. The van der Waals surface area contributed by atoms with Gasteiger partial charge in [-0.15, -0.1) is 5.53 Å². The van der Waals surface area contributed by atoms with Gasteiger partial charge in [0, 0.05) is 24.4 Å². The van der Waals surface area contributed by atoms with E-state index in [0.29, 0.717) is 29.3 Å². The van der Waals surface area contributed by atoms with Crippen molar-refractivity contribution in [3.05, 3.63) is 72.6 Å². The first-order chi connectivity index (χ1) is 16.1. The monoisotopic (exact) mass is 462 g/mol. The van der Waals surface area contributed by atoms with Gasteiger partial charge in [-0.25, -0.2) is 15.1 Å². The molecule has 0 aliphatic carbocycles. The van der Waals surface area contributed by atoms with Gasteiger partial charge >= 0.3 is 0 Å². The van der Waals surface area contributed by atoms with Crippen LogP contribution in [-0.4, -0.2) is 29.1 Å². The maximum atomic E-state index is 12.6. The molecule has 1 aliphatic rings. The molecule has 168 valence electrons. The van der Waals surface area contributed by atoms with Crippen molar-refractivity contribution in [1.29, 1.82) is 0 Å². The topological polar surface area (TPSA) is 116 Å². The van der Waals surface area contributed by atoms with Crippen LogP contribution in [0.4, 0.5) is 23.1 Å². The molecule has 5 rings (SSSR count). The number of aromatic nitrogens is 3. The number of nitrogens with zero attached hydrogens (tertiary/aromatic N) is 4. The van der Waals surface area contributed by atoms with Gasteiger partial charge in [0.1, 0.15) is 0 Å². The summed E-state index contributed by atoms with van der Waals surface area (Å²) in [5, 5.41) is 9.56. The van der Waals surface area contributed by atoms with Crippen LogP contribution in [0.15, 0.2) is 67.0 Å². The lowest BCUT2D eigenvalue weighted by molar-refractivity contribution is 0.396. The summed E-state index contributed by atoms with van der Waals surface area (Å²) in [5.41, 5.74) is 9.02. The van der Waals surface area contributed by atoms with Crippen molar-refractivity contribution in [3.8, 4) is 0 Å². The average molecular weight is 462 g/mol. The van der Waals surface area contributed by atoms with Crippen LogP contribution >= 0.6 is 7.52 Å². The number of anilines is 4. The molecule has 2 aromatic carbocycles. The summed E-state index contributed by atoms with van der Waals surface area (Å²) < 4.78 is 17.8. The number of nitrogens with one attached hydrogen (secondary N) is 4. The fourth-order valence-electron chi connectivity index (χ4n) is 3.62. The van der Waals surface area contributed by atoms with E-state index in [2.05, 4.69) is 43.5 Å². The van der Waals surface area contributed by atoms with Crippen LogP contribution in [0.2, 0.25) is 0 Å². The second-order valence-electron chi connectivity index (χ2n) is 7.41. The number of fused-ring (bicyclic) bond motifs is 2. The van der Waals surface area contributed by atoms with Crippen molar-refractivity contribution in [1.82, 2.24) is 25.6 Å². The minimum absolute atomic E-state index is 0.586. The van der Waals surface area contributed by atoms with Crippen LogP contribution in [0.1, 0.15) is 5.56 Å². The Hall–Kier alpha value is -3.56. The second kappa shape index (κ2) is 8.76. The van der Waals surface area contributed by atoms with E-state index in [1.54, 1.807) is 31.6 Å². The molecule has 0 spiro atoms. The third-order valence-corrected chi connectivity index (χ3v) is 7.44. The molecule has 1 aliphatic heterocycles. The molecular weight excluding hydrogens is 439 g/mol. The highest BCUT2D eigenvalue weighted by Crippen LogP contribution is 2.39. The van der Waals surface area contributed by atoms with Crippen LogP contribution in [0.3, 0.4) is 0 Å². The SMILES string of the molecule is CNP(=O)(OC)c1ccc(Nc2cnc3c(n2)N(Cc2ccc4ncccc4c2)NN3)cc1. The van der Waals surface area contributed by atoms with E-state index in [-0.39, 0.29) is 0 Å². The van der Waals surface area contributed by atoms with Crippen molar-refractivity contribution in [2.24, 2.45) is 0 Å². The molecule has 1 unspecified atom stereocenters. The Balaban J connectivity index is 1.34. The number of hydrogen-bond donors (Lipinski definition) is 4. The molecule has 0 saturated heterocycles. The van der Waals surface area contributed by atoms with E-state index < -0.39 is 7.52 Å². The van der Waals surface area contributed by atoms with Gasteiger partial charge in [0.2, 0.25) is 0 Å². The third kappa shape index (κ3) is 4.24. The number of benzene rings is 2. The lowest BCUT2D eigenvalue weighted by Crippen LogP contribution is -2.35. The van der Waals surface area contributed by atoms with Gasteiger partial charge in [-0.2, -0.15) is 0 Å². The molecule has 11 heteroatoms. The zero-order valence-corrected chi connectivity index (χ0v) is 19.0. The summed E-state index contributed by atoms with van der Waals surface area (Å²) in [6.45, 7) is 0.591. The van der Waals surface area contributed by atoms with E-state index >= 15 is 0 Å². The molecule has 0 fully saturated rings. The summed E-state index contributed by atoms with van der Waals surface area (Å²) in [6, 6.07) is 17.3. The number of hydrazine groups is 2. The number of rotatable bonds is 7. The zero-order valence-electron chi connectivity index (χ0n) is 18.1. The molecule has 2 aromatic heterocycles. The fraction of sp³-hybridized carbons (Fsp3) is 0.136. The largest absolute Gasteiger partial charge is 0.339 e. The molecule has 0 saturated carbocycles. The third-order valence-electron chi connectivity index (χ3n) is 5.36. The number of pyridine rings is 1. The first-order valence-corrected chi connectivity index (χ1v) is 11.9. The Kier molecular flexibility index (Phi) is 5.65. The normalized spacial score (nSPS) is 14.5. The maximum Gasteiger partial charge on any atom is 0.299 e. The van der Waals surface area contributed by atoms with E-state index in [9.17, 15) is 4.57 Å². The summed E-state index contributed by atoms with van der Waals surface area (Å²) in [7, 11) is -0.00375. The van der Waals surface area contributed by atoms with Crippen LogP contribution in [0, 0.1) is 0 Å². The Labute approximate surface area is 190 Å². The lowest BCUT2D eigenvalue weighted by atomic mass is 10.1. The van der Waals surface area contributed by atoms with Crippen molar-refractivity contribution in [3.63, 3.8) is 0 Å². The highest BCUT2D eigenvalue weighted by molar-refractivity contribution is 7.65. The van der Waals surface area contributed by atoms with Crippen LogP contribution in [-0.2, 0) is 15.6 Å². The summed E-state index contributed by atoms with van der Waals surface area (Å²) in [4.78, 5) is 13.5. The Bertz CT molecular complexity index is 1340. The van der Waals surface area contributed by atoms with Crippen LogP contribution in [0.5, 0.6) is 0 Å². The van der Waals surface area contributed by atoms with Gasteiger partial charge in [-0.05, 0) is 55.1 Å². The lowest BCUT2D eigenvalue weighted by Gasteiger charge is -2.17. The van der Waals surface area contributed by atoms with E-state index in [0.717, 1.165) is 22.2 Å². The van der Waals surface area contributed by atoms with Gasteiger partial charge in [0.05, 0.1) is 23.6 Å². The second-order valence-corrected chi connectivity index (χ2v) is 9.84. The zero-order chi connectivity index (χ0) is 22.8. The Morgan fingerprint density at radius 2 is 1.97 bits per heavy atom. The van der Waals surface area contributed by atoms with Crippen molar-refractivity contribution < 1.29 is 9.09 Å². The summed E-state index contributed by atoms with van der Waals surface area (Å²) >= 11 is 0. The van der Waals surface area contributed by atoms with Crippen LogP contribution in [0.25, 0.3) is 10.9 Å². The van der Waals surface area contributed by atoms with Gasteiger partial charge in [0.25, 0.3) is 7.52 Å². The smallest absolute Gasteiger partial charge is 0.299 e. The quantitative estimate of drug-likeness (QED) is 0.305. The number of hydrogen-bond acceptors (Lipinski definition) is 9. The first kappa shape index (κ1) is 21.3. The standard InChI is InChI=1S/C22H23N8O2P/c1-23-33(31,32-2)18-8-6-17(7-9-18)26-20-13-25-21-22(27-20)30(29-28-21)14-15-5-10-19-16(12-15)4-3-11-24-19/h3-13,29H,14H2,1-2H3,(H,23,31)(H,25,28)(H,26,27). The fourth-order valence-corrected chi connectivity index (χ4v) is 4.82. The van der Waals surface area contributed by atoms with E-state index in [1.165, 1.54) is 7.11 Å². The molecule has 33 heavy (non-hydrogen) atoms. The first-order valence-electron chi connectivity index (χ1n) is 10.3. The van der Waals surface area contributed by atoms with Gasteiger partial charge in [-0.1, -0.05) is 12.1 Å². The van der Waals surface area contributed by atoms with Gasteiger partial charge < -0.3 is 9.84 Å². The van der Waals surface area contributed by atoms with Crippen LogP contribution < -0.4 is 31.7 Å². The predicted molar refractivity (Wildman–Crippen MR) is 130 cm³/mol. The minimum Gasteiger partial charge on any atom is -0.339 e. The Morgan fingerprint density at radius 3 is 2.76 bits per heavy atom. The van der Waals surface area contributed by atoms with Gasteiger partial charge in [-0.3, -0.25) is 20.0 Å². The van der Waals surface area contributed by atoms with Crippen molar-refractivity contribution in [2.45, 2.75) is 6.54 Å². The molecular formula is C22H23N8O2P. The molecule has 4 aromatic rings. The van der Waals surface area contributed by atoms with Crippen molar-refractivity contribution >= 4 is 46.9 Å². The minimum atomic E-state index is -3.04. The summed E-state index contributed by atoms with van der Waals surface area (Å²) in [6.07, 6.45) is 3.44. The van der Waals surface area contributed by atoms with Crippen molar-refractivity contribution in [2.75, 3.05) is 29.9 Å². The molecule has 10 nitrogen and oxygen atoms in total. The highest BCUT2D eigenvalue weighted by atomic mass is 31.2. The molecule has 1 atom stereocenters. The van der Waals surface area contributed by atoms with Gasteiger partial charge in [0.15, 0.2) is 17.5 Å². The molecule has 0 radical (unpaired) electrons. The molecule has 4 N–H and O–H groups in total. The molecule has 0 bridgehead atoms. The van der Waals surface area contributed by atoms with E-state index in [1.807, 2.05) is 35.3 Å². The summed E-state index contributed by atoms with van der Waals surface area (Å²) in [5.74, 6) is 1.92.